The van der Waals surface area contributed by atoms with Crippen LogP contribution in [-0.4, -0.2) is 19.9 Å². The zero-order valence-corrected chi connectivity index (χ0v) is 31.3. The molecule has 8 rings (SSSR count). The molecule has 8 aromatic rings. The molecule has 0 saturated carbocycles. The summed E-state index contributed by atoms with van der Waals surface area (Å²) in [5.41, 5.74) is 13.6. The molecule has 0 radical (unpaired) electrons. The number of benzene rings is 4. The van der Waals surface area contributed by atoms with Gasteiger partial charge in [0.2, 0.25) is 0 Å². The smallest absolute Gasteiger partial charge is 0.0280 e. The van der Waals surface area contributed by atoms with Crippen molar-refractivity contribution < 1.29 is 0 Å². The first-order valence-electron chi connectivity index (χ1n) is 18.6. The van der Waals surface area contributed by atoms with Crippen molar-refractivity contribution in [2.24, 2.45) is 0 Å². The van der Waals surface area contributed by atoms with E-state index >= 15 is 0 Å². The van der Waals surface area contributed by atoms with Crippen molar-refractivity contribution in [3.8, 4) is 47.4 Å². The molecule has 0 bridgehead atoms. The summed E-state index contributed by atoms with van der Waals surface area (Å²) in [6.45, 7) is 0. The summed E-state index contributed by atoms with van der Waals surface area (Å²) in [5.74, 6) is 26.2. The normalized spacial score (nSPS) is 9.86. The Bertz CT molecular complexity index is 2520. The van der Waals surface area contributed by atoms with Gasteiger partial charge in [-0.25, -0.2) is 0 Å². The van der Waals surface area contributed by atoms with Crippen molar-refractivity contribution in [3.63, 3.8) is 0 Å². The Morgan fingerprint density at radius 1 is 0.207 bits per heavy atom. The van der Waals surface area contributed by atoms with Gasteiger partial charge in [0.1, 0.15) is 0 Å². The van der Waals surface area contributed by atoms with Gasteiger partial charge in [0.25, 0.3) is 0 Å². The predicted molar refractivity (Wildman–Crippen MR) is 232 cm³/mol. The van der Waals surface area contributed by atoms with E-state index in [4.69, 9.17) is 0 Å². The molecule has 0 fully saturated rings. The third-order valence-electron chi connectivity index (χ3n) is 9.07. The summed E-state index contributed by atoms with van der Waals surface area (Å²) in [6, 6.07) is 49.0. The van der Waals surface area contributed by atoms with Crippen LogP contribution in [0.5, 0.6) is 0 Å². The summed E-state index contributed by atoms with van der Waals surface area (Å²) in [4.78, 5) is 16.4. The summed E-state index contributed by atoms with van der Waals surface area (Å²) in [6.07, 6.45) is 14.0. The van der Waals surface area contributed by atoms with E-state index in [1.807, 2.05) is 48.5 Å². The van der Waals surface area contributed by atoms with Crippen LogP contribution in [0.15, 0.2) is 195 Å². The van der Waals surface area contributed by atoms with Gasteiger partial charge in [-0.05, 0) is 130 Å². The maximum Gasteiger partial charge on any atom is 0.0280 e. The lowest BCUT2D eigenvalue weighted by molar-refractivity contribution is 1.32. The van der Waals surface area contributed by atoms with Gasteiger partial charge < -0.3 is 0 Å². The van der Waals surface area contributed by atoms with Crippen molar-refractivity contribution in [3.05, 3.63) is 262 Å². The van der Waals surface area contributed by atoms with Crippen LogP contribution in [0.2, 0.25) is 0 Å². The van der Waals surface area contributed by atoms with Gasteiger partial charge >= 0.3 is 0 Å². The van der Waals surface area contributed by atoms with E-state index in [9.17, 15) is 0 Å². The average molecular weight is 737 g/mol. The van der Waals surface area contributed by atoms with Crippen LogP contribution < -0.4 is 0 Å². The molecule has 0 spiro atoms. The maximum absolute atomic E-state index is 4.11. The molecule has 0 aliphatic carbocycles. The van der Waals surface area contributed by atoms with Crippen molar-refractivity contribution in [1.82, 2.24) is 19.9 Å². The summed E-state index contributed by atoms with van der Waals surface area (Å²) >= 11 is 0. The van der Waals surface area contributed by atoms with Gasteiger partial charge in [-0.15, -0.1) is 0 Å². The molecule has 4 heterocycles. The number of hydrogen-bond acceptors (Lipinski definition) is 4. The molecular formula is C54H32N4. The Labute approximate surface area is 339 Å². The second kappa shape index (κ2) is 18.2. The minimum atomic E-state index is 0.914. The highest BCUT2D eigenvalue weighted by Crippen LogP contribution is 2.37. The van der Waals surface area contributed by atoms with Gasteiger partial charge in [-0.1, -0.05) is 95.9 Å². The molecule has 4 nitrogen and oxygen atoms in total. The second-order valence-corrected chi connectivity index (χ2v) is 13.0. The molecule has 0 aliphatic rings. The minimum Gasteiger partial charge on any atom is -0.265 e. The zero-order valence-electron chi connectivity index (χ0n) is 31.3. The third kappa shape index (κ3) is 9.57. The van der Waals surface area contributed by atoms with E-state index < -0.39 is 0 Å². The van der Waals surface area contributed by atoms with Crippen LogP contribution in [0.25, 0.3) is 11.1 Å². The van der Waals surface area contributed by atoms with Crippen molar-refractivity contribution in [2.45, 2.75) is 0 Å². The van der Waals surface area contributed by atoms with E-state index in [-0.39, 0.29) is 0 Å². The third-order valence-corrected chi connectivity index (χ3v) is 9.07. The topological polar surface area (TPSA) is 51.6 Å². The summed E-state index contributed by atoms with van der Waals surface area (Å²) < 4.78 is 0. The van der Waals surface area contributed by atoms with E-state index in [1.54, 1.807) is 49.6 Å². The van der Waals surface area contributed by atoms with Gasteiger partial charge in [-0.2, -0.15) is 0 Å². The fraction of sp³-hybridized carbons (Fsp3) is 0. The van der Waals surface area contributed by atoms with Crippen LogP contribution in [0.1, 0.15) is 66.8 Å². The lowest BCUT2D eigenvalue weighted by Crippen LogP contribution is -1.98. The molecule has 0 N–H and O–H groups in total. The van der Waals surface area contributed by atoms with Crippen LogP contribution >= 0.6 is 0 Å². The monoisotopic (exact) mass is 736 g/mol. The molecule has 268 valence electrons. The Balaban J connectivity index is 1.26. The number of rotatable bonds is 4. The Kier molecular flexibility index (Phi) is 11.4. The number of hydrogen-bond donors (Lipinski definition) is 0. The predicted octanol–water partition coefficient (Wildman–Crippen LogP) is 9.87. The van der Waals surface area contributed by atoms with Gasteiger partial charge in [0.05, 0.1) is 0 Å². The highest BCUT2D eigenvalue weighted by molar-refractivity contribution is 6.04. The van der Waals surface area contributed by atoms with Crippen molar-refractivity contribution in [2.75, 3.05) is 0 Å². The van der Waals surface area contributed by atoms with Crippen molar-refractivity contribution in [1.29, 1.82) is 0 Å². The Morgan fingerprint density at radius 2 is 0.362 bits per heavy atom. The summed E-state index contributed by atoms with van der Waals surface area (Å²) in [7, 11) is 0. The number of nitrogens with zero attached hydrogens (tertiary/aromatic N) is 4. The van der Waals surface area contributed by atoms with Crippen LogP contribution in [0.3, 0.4) is 0 Å². The zero-order chi connectivity index (χ0) is 39.2. The fourth-order valence-electron chi connectivity index (χ4n) is 6.11. The molecule has 0 aliphatic heterocycles. The molecule has 4 heteroatoms. The van der Waals surface area contributed by atoms with Crippen molar-refractivity contribution >= 4 is 11.1 Å². The molecule has 0 unspecified atom stereocenters. The highest BCUT2D eigenvalue weighted by atomic mass is 14.6. The maximum atomic E-state index is 4.11. The first-order chi connectivity index (χ1) is 28.7. The second-order valence-electron chi connectivity index (χ2n) is 13.0. The summed E-state index contributed by atoms with van der Waals surface area (Å²) in [5, 5.41) is 0. The van der Waals surface area contributed by atoms with Crippen LogP contribution in [0, 0.1) is 47.4 Å². The lowest BCUT2D eigenvalue weighted by atomic mass is 9.85. The standard InChI is InChI=1S/C54H32N4/c1(5-45-25-33-55-34-26-45)41-9-17-49(18-10-41)53(50-19-11-42(12-20-50)2-6-46-27-35-56-36-28-46)54(51-21-13-43(14-22-51)3-7-47-29-37-57-38-30-47)52-23-15-44(16-24-52)4-8-48-31-39-58-40-32-48/h9-40H. The first-order valence-corrected chi connectivity index (χ1v) is 18.6. The number of aromatic nitrogens is 4. The van der Waals surface area contributed by atoms with E-state index in [0.29, 0.717) is 0 Å². The van der Waals surface area contributed by atoms with Gasteiger partial charge in [0, 0.05) is 94.1 Å². The fourth-order valence-corrected chi connectivity index (χ4v) is 6.11. The molecule has 4 aromatic heterocycles. The molecule has 58 heavy (non-hydrogen) atoms. The SMILES string of the molecule is C(#Cc1ccc(C(=C(c2ccc(C#Cc3ccncc3)cc2)c2ccc(C#Cc3ccncc3)cc2)c2ccc(C#Cc3ccncc3)cc2)cc1)c1ccncc1. The van der Waals surface area contributed by atoms with Gasteiger partial charge in [0.15, 0.2) is 0 Å². The average Bonchev–Trinajstić information content (AvgIpc) is 3.30. The van der Waals surface area contributed by atoms with E-state index in [1.165, 1.54) is 0 Å². The largest absolute Gasteiger partial charge is 0.265 e. The Morgan fingerprint density at radius 3 is 0.534 bits per heavy atom. The molecule has 0 amide bonds. The lowest BCUT2D eigenvalue weighted by Gasteiger charge is -2.18. The van der Waals surface area contributed by atoms with Crippen LogP contribution in [-0.2, 0) is 0 Å². The first kappa shape index (κ1) is 36.4. The minimum absolute atomic E-state index is 0.914. The molecule has 4 aromatic carbocycles. The van der Waals surface area contributed by atoms with E-state index in [0.717, 1.165) is 77.9 Å². The molecular weight excluding hydrogens is 705 g/mol. The highest BCUT2D eigenvalue weighted by Gasteiger charge is 2.17. The molecule has 0 atom stereocenters. The number of pyridine rings is 4. The Hall–Kier alpha value is -8.54. The molecule has 0 saturated heterocycles. The quantitative estimate of drug-likeness (QED) is 0.133. The van der Waals surface area contributed by atoms with Gasteiger partial charge in [-0.3, -0.25) is 19.9 Å². The van der Waals surface area contributed by atoms with Crippen LogP contribution in [0.4, 0.5) is 0 Å². The van der Waals surface area contributed by atoms with E-state index in [2.05, 4.69) is 164 Å².